The minimum atomic E-state index is -1.09. The maximum atomic E-state index is 11.9. The summed E-state index contributed by atoms with van der Waals surface area (Å²) in [5.74, 6) is -1.23. The Morgan fingerprint density at radius 2 is 2.21 bits per heavy atom. The Balaban J connectivity index is 2.48. The molecule has 1 aliphatic heterocycles. The Labute approximate surface area is 111 Å². The van der Waals surface area contributed by atoms with E-state index < -0.39 is 18.0 Å². The lowest BCUT2D eigenvalue weighted by atomic mass is 10.2. The van der Waals surface area contributed by atoms with E-state index in [1.165, 1.54) is 17.9 Å². The highest BCUT2D eigenvalue weighted by Gasteiger charge is 2.29. The van der Waals surface area contributed by atoms with Gasteiger partial charge in [0.05, 0.1) is 0 Å². The van der Waals surface area contributed by atoms with Gasteiger partial charge in [0, 0.05) is 26.1 Å². The zero-order chi connectivity index (χ0) is 14.4. The standard InChI is InChI=1S/C12H19N3O4/c1-3-4-10(11(17)18)14-12(19)15-6-5-9(7-15)13-8(2)16/h3,9-10H,1,4-7H2,2H3,(H,13,16)(H,14,19)(H,17,18). The SMILES string of the molecule is C=CCC(NC(=O)N1CCC(NC(C)=O)C1)C(=O)O. The van der Waals surface area contributed by atoms with Crippen LogP contribution in [0.25, 0.3) is 0 Å². The summed E-state index contributed by atoms with van der Waals surface area (Å²) in [5, 5.41) is 14.1. The number of nitrogens with one attached hydrogen (secondary N) is 2. The number of carboxylic acid groups (broad SMARTS) is 1. The third-order valence-corrected chi connectivity index (χ3v) is 2.88. The van der Waals surface area contributed by atoms with Crippen LogP contribution in [0.1, 0.15) is 19.8 Å². The van der Waals surface area contributed by atoms with Crippen molar-refractivity contribution in [2.45, 2.75) is 31.8 Å². The van der Waals surface area contributed by atoms with Crippen LogP contribution in [0, 0.1) is 0 Å². The Bertz CT molecular complexity index is 383. The third-order valence-electron chi connectivity index (χ3n) is 2.88. The minimum Gasteiger partial charge on any atom is -0.480 e. The quantitative estimate of drug-likeness (QED) is 0.609. The molecule has 0 bridgehead atoms. The van der Waals surface area contributed by atoms with E-state index in [1.807, 2.05) is 0 Å². The van der Waals surface area contributed by atoms with Crippen molar-refractivity contribution in [1.29, 1.82) is 0 Å². The number of carboxylic acids is 1. The first-order valence-corrected chi connectivity index (χ1v) is 6.10. The van der Waals surface area contributed by atoms with Crippen molar-refractivity contribution in [3.8, 4) is 0 Å². The first kappa shape index (κ1) is 15.0. The van der Waals surface area contributed by atoms with Crippen LogP contribution in [0.15, 0.2) is 12.7 Å². The van der Waals surface area contributed by atoms with Gasteiger partial charge in [-0.3, -0.25) is 4.79 Å². The number of nitrogens with zero attached hydrogens (tertiary/aromatic N) is 1. The van der Waals surface area contributed by atoms with E-state index in [0.717, 1.165) is 0 Å². The molecule has 2 atom stereocenters. The van der Waals surface area contributed by atoms with E-state index in [-0.39, 0.29) is 18.4 Å². The Morgan fingerprint density at radius 1 is 1.53 bits per heavy atom. The fraction of sp³-hybridized carbons (Fsp3) is 0.583. The van der Waals surface area contributed by atoms with Crippen molar-refractivity contribution >= 4 is 17.9 Å². The molecule has 7 nitrogen and oxygen atoms in total. The van der Waals surface area contributed by atoms with Crippen molar-refractivity contribution in [1.82, 2.24) is 15.5 Å². The van der Waals surface area contributed by atoms with Crippen molar-refractivity contribution < 1.29 is 19.5 Å². The highest BCUT2D eigenvalue weighted by Crippen LogP contribution is 2.09. The van der Waals surface area contributed by atoms with E-state index in [0.29, 0.717) is 19.5 Å². The number of urea groups is 1. The van der Waals surface area contributed by atoms with Crippen molar-refractivity contribution in [2.24, 2.45) is 0 Å². The number of aliphatic carboxylic acids is 1. The van der Waals surface area contributed by atoms with E-state index in [2.05, 4.69) is 17.2 Å². The zero-order valence-corrected chi connectivity index (χ0v) is 10.9. The zero-order valence-electron chi connectivity index (χ0n) is 10.9. The average molecular weight is 269 g/mol. The van der Waals surface area contributed by atoms with Crippen LogP contribution in [0.5, 0.6) is 0 Å². The number of rotatable bonds is 5. The molecule has 0 aliphatic carbocycles. The van der Waals surface area contributed by atoms with Crippen LogP contribution in [0.2, 0.25) is 0 Å². The summed E-state index contributed by atoms with van der Waals surface area (Å²) in [6, 6.07) is -1.46. The average Bonchev–Trinajstić information content (AvgIpc) is 2.75. The van der Waals surface area contributed by atoms with Gasteiger partial charge in [-0.25, -0.2) is 9.59 Å². The molecule has 0 aromatic carbocycles. The molecule has 0 aromatic rings. The fourth-order valence-electron chi connectivity index (χ4n) is 1.98. The molecule has 19 heavy (non-hydrogen) atoms. The van der Waals surface area contributed by atoms with Gasteiger partial charge in [0.2, 0.25) is 5.91 Å². The molecule has 3 amide bonds. The van der Waals surface area contributed by atoms with Gasteiger partial charge in [0.25, 0.3) is 0 Å². The second-order valence-electron chi connectivity index (χ2n) is 4.50. The summed E-state index contributed by atoms with van der Waals surface area (Å²) in [6.07, 6.45) is 2.29. The summed E-state index contributed by atoms with van der Waals surface area (Å²) in [4.78, 5) is 35.2. The maximum absolute atomic E-state index is 11.9. The van der Waals surface area contributed by atoms with E-state index in [4.69, 9.17) is 5.11 Å². The lowest BCUT2D eigenvalue weighted by Gasteiger charge is -2.20. The monoisotopic (exact) mass is 269 g/mol. The molecule has 7 heteroatoms. The first-order chi connectivity index (χ1) is 8.93. The number of likely N-dealkylation sites (tertiary alicyclic amines) is 1. The van der Waals surface area contributed by atoms with Gasteiger partial charge in [-0.15, -0.1) is 6.58 Å². The number of carbonyl (C=O) groups is 3. The normalized spacial score (nSPS) is 19.6. The fourth-order valence-corrected chi connectivity index (χ4v) is 1.98. The van der Waals surface area contributed by atoms with Crippen molar-refractivity contribution in [2.75, 3.05) is 13.1 Å². The number of hydrogen-bond donors (Lipinski definition) is 3. The molecule has 0 aromatic heterocycles. The number of carbonyl (C=O) groups excluding carboxylic acids is 2. The predicted molar refractivity (Wildman–Crippen MR) is 68.6 cm³/mol. The summed E-state index contributed by atoms with van der Waals surface area (Å²) in [5.41, 5.74) is 0. The molecule has 1 heterocycles. The van der Waals surface area contributed by atoms with Gasteiger partial charge < -0.3 is 20.6 Å². The molecule has 2 unspecified atom stereocenters. The summed E-state index contributed by atoms with van der Waals surface area (Å²) in [7, 11) is 0. The number of hydrogen-bond acceptors (Lipinski definition) is 3. The summed E-state index contributed by atoms with van der Waals surface area (Å²) >= 11 is 0. The molecule has 1 rings (SSSR count). The van der Waals surface area contributed by atoms with Gasteiger partial charge >= 0.3 is 12.0 Å². The maximum Gasteiger partial charge on any atom is 0.326 e. The van der Waals surface area contributed by atoms with E-state index >= 15 is 0 Å². The summed E-state index contributed by atoms with van der Waals surface area (Å²) in [6.45, 7) is 5.77. The van der Waals surface area contributed by atoms with Crippen LogP contribution in [0.4, 0.5) is 4.79 Å². The highest BCUT2D eigenvalue weighted by molar-refractivity contribution is 5.83. The van der Waals surface area contributed by atoms with Gasteiger partial charge in [0.1, 0.15) is 6.04 Å². The lowest BCUT2D eigenvalue weighted by Crippen LogP contribution is -2.48. The first-order valence-electron chi connectivity index (χ1n) is 6.10. The Hall–Kier alpha value is -2.05. The largest absolute Gasteiger partial charge is 0.480 e. The molecule has 0 saturated carbocycles. The Morgan fingerprint density at radius 3 is 2.74 bits per heavy atom. The highest BCUT2D eigenvalue weighted by atomic mass is 16.4. The molecular weight excluding hydrogens is 250 g/mol. The van der Waals surface area contributed by atoms with Crippen LogP contribution >= 0.6 is 0 Å². The molecule has 1 saturated heterocycles. The molecule has 0 spiro atoms. The molecule has 1 aliphatic rings. The van der Waals surface area contributed by atoms with Crippen molar-refractivity contribution in [3.05, 3.63) is 12.7 Å². The second kappa shape index (κ2) is 6.77. The van der Waals surface area contributed by atoms with Crippen LogP contribution in [-0.2, 0) is 9.59 Å². The van der Waals surface area contributed by atoms with E-state index in [1.54, 1.807) is 0 Å². The smallest absolute Gasteiger partial charge is 0.326 e. The molecule has 3 N–H and O–H groups in total. The van der Waals surface area contributed by atoms with Crippen LogP contribution in [0.3, 0.4) is 0 Å². The molecule has 1 fully saturated rings. The lowest BCUT2D eigenvalue weighted by molar-refractivity contribution is -0.139. The molecular formula is C12H19N3O4. The number of amides is 3. The van der Waals surface area contributed by atoms with E-state index in [9.17, 15) is 14.4 Å². The molecule has 106 valence electrons. The Kier molecular flexibility index (Phi) is 5.35. The van der Waals surface area contributed by atoms with Crippen LogP contribution in [-0.4, -0.2) is 53.1 Å². The van der Waals surface area contributed by atoms with Crippen molar-refractivity contribution in [3.63, 3.8) is 0 Å². The third kappa shape index (κ3) is 4.61. The summed E-state index contributed by atoms with van der Waals surface area (Å²) < 4.78 is 0. The van der Waals surface area contributed by atoms with Gasteiger partial charge in [-0.2, -0.15) is 0 Å². The second-order valence-corrected chi connectivity index (χ2v) is 4.50. The minimum absolute atomic E-state index is 0.0640. The van der Waals surface area contributed by atoms with Gasteiger partial charge in [-0.05, 0) is 12.8 Å². The predicted octanol–water partition coefficient (Wildman–Crippen LogP) is -0.0643. The van der Waals surface area contributed by atoms with Gasteiger partial charge in [0.15, 0.2) is 0 Å². The molecule has 0 radical (unpaired) electrons. The van der Waals surface area contributed by atoms with Gasteiger partial charge in [-0.1, -0.05) is 6.08 Å². The topological polar surface area (TPSA) is 98.7 Å². The van der Waals surface area contributed by atoms with Crippen LogP contribution < -0.4 is 10.6 Å².